The lowest BCUT2D eigenvalue weighted by Gasteiger charge is -2.25. The third-order valence-electron chi connectivity index (χ3n) is 3.74. The molecule has 106 valence electrons. The second-order valence-electron chi connectivity index (χ2n) is 4.89. The van der Waals surface area contributed by atoms with Crippen molar-refractivity contribution in [3.05, 3.63) is 33.8 Å². The molecule has 1 aliphatic rings. The first-order chi connectivity index (χ1) is 9.72. The van der Waals surface area contributed by atoms with Crippen LogP contribution < -0.4 is 15.6 Å². The van der Waals surface area contributed by atoms with Crippen LogP contribution in [0.5, 0.6) is 5.75 Å². The fourth-order valence-corrected chi connectivity index (χ4v) is 3.02. The van der Waals surface area contributed by atoms with E-state index in [4.69, 9.17) is 16.3 Å². The van der Waals surface area contributed by atoms with Gasteiger partial charge < -0.3 is 10.1 Å². The van der Waals surface area contributed by atoms with Crippen LogP contribution in [-0.2, 0) is 0 Å². The van der Waals surface area contributed by atoms with E-state index in [1.807, 2.05) is 0 Å². The summed E-state index contributed by atoms with van der Waals surface area (Å²) in [4.78, 5) is 17.0. The second-order valence-corrected chi connectivity index (χ2v) is 5.23. The smallest absolute Gasteiger partial charge is 0.262 e. The van der Waals surface area contributed by atoms with Crippen molar-refractivity contribution in [1.82, 2.24) is 14.9 Å². The number of ether oxygens (including phenoxy) is 1. The largest absolute Gasteiger partial charge is 0.494 e. The van der Waals surface area contributed by atoms with Crippen molar-refractivity contribution < 1.29 is 4.74 Å². The first kappa shape index (κ1) is 13.4. The summed E-state index contributed by atoms with van der Waals surface area (Å²) in [5.74, 6) is 0.568. The average Bonchev–Trinajstić information content (AvgIpc) is 2.48. The van der Waals surface area contributed by atoms with Gasteiger partial charge in [-0.05, 0) is 49.7 Å². The van der Waals surface area contributed by atoms with E-state index in [-0.39, 0.29) is 16.9 Å². The molecule has 3 rings (SSSR count). The van der Waals surface area contributed by atoms with Gasteiger partial charge in [-0.2, -0.15) is 0 Å². The fourth-order valence-electron chi connectivity index (χ4n) is 2.72. The van der Waals surface area contributed by atoms with Crippen LogP contribution in [0.1, 0.15) is 18.9 Å². The molecule has 1 saturated heterocycles. The molecule has 0 unspecified atom stereocenters. The van der Waals surface area contributed by atoms with Crippen LogP contribution in [-0.4, -0.2) is 29.8 Å². The summed E-state index contributed by atoms with van der Waals surface area (Å²) in [6.07, 6.45) is 1.77. The first-order valence-electron chi connectivity index (χ1n) is 6.68. The molecule has 0 spiro atoms. The Morgan fingerprint density at radius 3 is 2.85 bits per heavy atom. The molecule has 2 heterocycles. The minimum Gasteiger partial charge on any atom is -0.494 e. The standard InChI is InChI=1S/C14H16ClN3O2/c1-20-11-4-2-3-10-12(11)17-14(15)18(13(10)19)9-5-7-16-8-6-9/h2-4,9,16H,5-8H2,1H3. The van der Waals surface area contributed by atoms with Crippen molar-refractivity contribution in [3.63, 3.8) is 0 Å². The molecule has 1 aliphatic heterocycles. The molecule has 20 heavy (non-hydrogen) atoms. The summed E-state index contributed by atoms with van der Waals surface area (Å²) in [6, 6.07) is 5.45. The summed E-state index contributed by atoms with van der Waals surface area (Å²) in [5.41, 5.74) is 0.431. The topological polar surface area (TPSA) is 56.1 Å². The van der Waals surface area contributed by atoms with E-state index < -0.39 is 0 Å². The molecule has 0 amide bonds. The zero-order chi connectivity index (χ0) is 14.1. The lowest BCUT2D eigenvalue weighted by atomic mass is 10.1. The maximum absolute atomic E-state index is 12.7. The first-order valence-corrected chi connectivity index (χ1v) is 7.05. The molecule has 1 N–H and O–H groups in total. The summed E-state index contributed by atoms with van der Waals surface area (Å²) < 4.78 is 6.86. The monoisotopic (exact) mass is 293 g/mol. The molecule has 1 fully saturated rings. The Labute approximate surface area is 121 Å². The van der Waals surface area contributed by atoms with Gasteiger partial charge in [-0.3, -0.25) is 9.36 Å². The molecular weight excluding hydrogens is 278 g/mol. The van der Waals surface area contributed by atoms with Gasteiger partial charge in [0, 0.05) is 6.04 Å². The number of nitrogens with one attached hydrogen (secondary N) is 1. The van der Waals surface area contributed by atoms with Crippen molar-refractivity contribution >= 4 is 22.5 Å². The van der Waals surface area contributed by atoms with Crippen LogP contribution in [0.4, 0.5) is 0 Å². The van der Waals surface area contributed by atoms with Crippen LogP contribution in [0.15, 0.2) is 23.0 Å². The van der Waals surface area contributed by atoms with Gasteiger partial charge in [-0.15, -0.1) is 0 Å². The number of fused-ring (bicyclic) bond motifs is 1. The van der Waals surface area contributed by atoms with Gasteiger partial charge in [-0.1, -0.05) is 6.07 Å². The van der Waals surface area contributed by atoms with Gasteiger partial charge in [0.1, 0.15) is 11.3 Å². The SMILES string of the molecule is COc1cccc2c(=O)n(C3CCNCC3)c(Cl)nc12. The Kier molecular flexibility index (Phi) is 3.63. The predicted octanol–water partition coefficient (Wildman–Crippen LogP) is 1.98. The third-order valence-corrected chi connectivity index (χ3v) is 4.01. The molecule has 0 saturated carbocycles. The molecular formula is C14H16ClN3O2. The number of para-hydroxylation sites is 1. The van der Waals surface area contributed by atoms with Crippen LogP contribution in [0.2, 0.25) is 5.28 Å². The zero-order valence-electron chi connectivity index (χ0n) is 11.2. The number of aromatic nitrogens is 2. The van der Waals surface area contributed by atoms with Gasteiger partial charge in [0.15, 0.2) is 0 Å². The van der Waals surface area contributed by atoms with Gasteiger partial charge in [0.25, 0.3) is 5.56 Å². The van der Waals surface area contributed by atoms with Crippen molar-refractivity contribution in [2.24, 2.45) is 0 Å². The molecule has 6 heteroatoms. The van der Waals surface area contributed by atoms with Gasteiger partial charge in [-0.25, -0.2) is 4.98 Å². The Hall–Kier alpha value is -1.59. The highest BCUT2D eigenvalue weighted by atomic mass is 35.5. The van der Waals surface area contributed by atoms with Gasteiger partial charge in [0.2, 0.25) is 5.28 Å². The fraction of sp³-hybridized carbons (Fsp3) is 0.429. The molecule has 0 bridgehead atoms. The minimum atomic E-state index is -0.0919. The van der Waals surface area contributed by atoms with E-state index in [1.165, 1.54) is 0 Å². The van der Waals surface area contributed by atoms with E-state index in [0.29, 0.717) is 16.7 Å². The summed E-state index contributed by atoms with van der Waals surface area (Å²) in [5, 5.41) is 4.06. The number of nitrogens with zero attached hydrogens (tertiary/aromatic N) is 2. The van der Waals surface area contributed by atoms with E-state index in [0.717, 1.165) is 25.9 Å². The highest BCUT2D eigenvalue weighted by Crippen LogP contribution is 2.26. The highest BCUT2D eigenvalue weighted by Gasteiger charge is 2.21. The summed E-state index contributed by atoms with van der Waals surface area (Å²) in [7, 11) is 1.56. The molecule has 2 aromatic rings. The number of piperidine rings is 1. The van der Waals surface area contributed by atoms with E-state index in [9.17, 15) is 4.79 Å². The molecule has 0 atom stereocenters. The van der Waals surface area contributed by atoms with Gasteiger partial charge in [0.05, 0.1) is 12.5 Å². The predicted molar refractivity (Wildman–Crippen MR) is 78.7 cm³/mol. The maximum atomic E-state index is 12.7. The second kappa shape index (κ2) is 5.42. The maximum Gasteiger partial charge on any atom is 0.262 e. The Bertz CT molecular complexity index is 693. The summed E-state index contributed by atoms with van der Waals surface area (Å²) >= 11 is 6.25. The quantitative estimate of drug-likeness (QED) is 0.860. The zero-order valence-corrected chi connectivity index (χ0v) is 12.0. The van der Waals surface area contributed by atoms with Crippen molar-refractivity contribution in [2.45, 2.75) is 18.9 Å². The van der Waals surface area contributed by atoms with Crippen LogP contribution in [0.25, 0.3) is 10.9 Å². The number of methoxy groups -OCH3 is 1. The van der Waals surface area contributed by atoms with Crippen molar-refractivity contribution in [2.75, 3.05) is 20.2 Å². The van der Waals surface area contributed by atoms with E-state index in [2.05, 4.69) is 10.3 Å². The molecule has 1 aromatic carbocycles. The number of rotatable bonds is 2. The molecule has 0 radical (unpaired) electrons. The number of hydrogen-bond donors (Lipinski definition) is 1. The Morgan fingerprint density at radius 1 is 1.40 bits per heavy atom. The average molecular weight is 294 g/mol. The number of benzene rings is 1. The molecule has 5 nitrogen and oxygen atoms in total. The number of hydrogen-bond acceptors (Lipinski definition) is 4. The van der Waals surface area contributed by atoms with Crippen molar-refractivity contribution in [3.8, 4) is 5.75 Å². The number of halogens is 1. The van der Waals surface area contributed by atoms with Crippen LogP contribution in [0, 0.1) is 0 Å². The van der Waals surface area contributed by atoms with E-state index in [1.54, 1.807) is 29.9 Å². The molecule has 0 aliphatic carbocycles. The van der Waals surface area contributed by atoms with Crippen LogP contribution >= 0.6 is 11.6 Å². The Balaban J connectivity index is 2.21. The summed E-state index contributed by atoms with van der Waals surface area (Å²) in [6.45, 7) is 1.78. The van der Waals surface area contributed by atoms with Crippen LogP contribution in [0.3, 0.4) is 0 Å². The van der Waals surface area contributed by atoms with Crippen molar-refractivity contribution in [1.29, 1.82) is 0 Å². The highest BCUT2D eigenvalue weighted by molar-refractivity contribution is 6.28. The molecule has 1 aromatic heterocycles. The van der Waals surface area contributed by atoms with Gasteiger partial charge >= 0.3 is 0 Å². The lowest BCUT2D eigenvalue weighted by molar-refractivity contribution is 0.359. The lowest BCUT2D eigenvalue weighted by Crippen LogP contribution is -2.35. The Morgan fingerprint density at radius 2 is 2.15 bits per heavy atom. The normalized spacial score (nSPS) is 16.5. The third kappa shape index (κ3) is 2.17. The minimum absolute atomic E-state index is 0.0919. The van der Waals surface area contributed by atoms with E-state index >= 15 is 0 Å².